The Balaban J connectivity index is 2.10. The maximum atomic E-state index is 13.3. The normalized spacial score (nSPS) is 19.0. The van der Waals surface area contributed by atoms with Gasteiger partial charge in [-0.25, -0.2) is 17.6 Å². The van der Waals surface area contributed by atoms with E-state index in [4.69, 9.17) is 20.2 Å². The minimum atomic E-state index is -4.25. The fraction of sp³-hybridized carbons (Fsp3) is 0.417. The molecule has 0 aliphatic carbocycles. The van der Waals surface area contributed by atoms with Gasteiger partial charge in [0.15, 0.2) is 0 Å². The van der Waals surface area contributed by atoms with Crippen molar-refractivity contribution >= 4 is 25.7 Å². The molecule has 1 unspecified atom stereocenters. The lowest BCUT2D eigenvalue weighted by molar-refractivity contribution is 0.0428. The van der Waals surface area contributed by atoms with E-state index in [-0.39, 0.29) is 18.1 Å². The van der Waals surface area contributed by atoms with E-state index in [0.717, 1.165) is 24.6 Å². The Morgan fingerprint density at radius 1 is 1.50 bits per heavy atom. The Labute approximate surface area is 120 Å². The second kappa shape index (κ2) is 6.07. The van der Waals surface area contributed by atoms with E-state index < -0.39 is 25.7 Å². The van der Waals surface area contributed by atoms with Gasteiger partial charge in [0.1, 0.15) is 10.7 Å². The first kappa shape index (κ1) is 15.2. The summed E-state index contributed by atoms with van der Waals surface area (Å²) >= 11 is 0. The van der Waals surface area contributed by atoms with Crippen LogP contribution in [-0.4, -0.2) is 34.2 Å². The molecule has 0 saturated carbocycles. The molecule has 0 radical (unpaired) electrons. The molecule has 0 amide bonds. The highest BCUT2D eigenvalue weighted by Gasteiger charge is 2.21. The maximum absolute atomic E-state index is 13.3. The molecule has 1 fully saturated rings. The highest BCUT2D eigenvalue weighted by atomic mass is 35.7. The molecule has 0 spiro atoms. The van der Waals surface area contributed by atoms with Crippen LogP contribution in [0.2, 0.25) is 0 Å². The number of hydrogen-bond donors (Lipinski definition) is 0. The van der Waals surface area contributed by atoms with Gasteiger partial charge in [-0.1, -0.05) is 0 Å². The van der Waals surface area contributed by atoms with Crippen molar-refractivity contribution in [2.24, 2.45) is 5.92 Å². The Morgan fingerprint density at radius 2 is 2.25 bits per heavy atom. The van der Waals surface area contributed by atoms with Gasteiger partial charge in [-0.2, -0.15) is 0 Å². The van der Waals surface area contributed by atoms with Gasteiger partial charge in [0.25, 0.3) is 9.05 Å². The van der Waals surface area contributed by atoms with E-state index in [1.807, 2.05) is 0 Å². The van der Waals surface area contributed by atoms with Crippen molar-refractivity contribution in [3.63, 3.8) is 0 Å². The lowest BCUT2D eigenvalue weighted by atomic mass is 10.1. The largest absolute Gasteiger partial charge is 0.462 e. The summed E-state index contributed by atoms with van der Waals surface area (Å²) in [5.41, 5.74) is -0.0652. The molecule has 1 saturated heterocycles. The zero-order valence-corrected chi connectivity index (χ0v) is 11.9. The molecule has 1 aliphatic heterocycles. The summed E-state index contributed by atoms with van der Waals surface area (Å²) in [4.78, 5) is 11.0. The second-order valence-corrected chi connectivity index (χ2v) is 6.95. The average molecular weight is 323 g/mol. The lowest BCUT2D eigenvalue weighted by Crippen LogP contribution is -2.14. The highest BCUT2D eigenvalue weighted by molar-refractivity contribution is 8.13. The number of benzene rings is 1. The van der Waals surface area contributed by atoms with Gasteiger partial charge in [0.05, 0.1) is 18.8 Å². The first-order valence-electron chi connectivity index (χ1n) is 5.87. The fourth-order valence-corrected chi connectivity index (χ4v) is 2.73. The summed E-state index contributed by atoms with van der Waals surface area (Å²) in [7, 11) is 0.834. The number of ether oxygens (including phenoxy) is 2. The summed E-state index contributed by atoms with van der Waals surface area (Å²) in [6.45, 7) is 1.34. The molecule has 2 rings (SSSR count). The first-order valence-corrected chi connectivity index (χ1v) is 8.18. The number of halogens is 2. The summed E-state index contributed by atoms with van der Waals surface area (Å²) < 4.78 is 45.8. The molecule has 1 aromatic carbocycles. The van der Waals surface area contributed by atoms with Crippen molar-refractivity contribution in [1.29, 1.82) is 0 Å². The minimum Gasteiger partial charge on any atom is -0.462 e. The van der Waals surface area contributed by atoms with Crippen molar-refractivity contribution in [3.05, 3.63) is 29.6 Å². The van der Waals surface area contributed by atoms with Crippen LogP contribution in [0.4, 0.5) is 4.39 Å². The quantitative estimate of drug-likeness (QED) is 0.626. The van der Waals surface area contributed by atoms with Crippen molar-refractivity contribution in [1.82, 2.24) is 0 Å². The zero-order valence-electron chi connectivity index (χ0n) is 10.3. The van der Waals surface area contributed by atoms with Gasteiger partial charge < -0.3 is 9.47 Å². The van der Waals surface area contributed by atoms with Crippen molar-refractivity contribution < 1.29 is 27.1 Å². The van der Waals surface area contributed by atoms with Gasteiger partial charge in [-0.15, -0.1) is 0 Å². The van der Waals surface area contributed by atoms with E-state index in [1.165, 1.54) is 0 Å². The van der Waals surface area contributed by atoms with Crippen LogP contribution in [0.1, 0.15) is 16.8 Å². The van der Waals surface area contributed by atoms with Crippen molar-refractivity contribution in [3.8, 4) is 0 Å². The molecular formula is C12H12ClFO5S. The highest BCUT2D eigenvalue weighted by Crippen LogP contribution is 2.21. The summed E-state index contributed by atoms with van der Waals surface area (Å²) in [6.07, 6.45) is 0.804. The number of rotatable bonds is 4. The smallest absolute Gasteiger partial charge is 0.338 e. The first-order chi connectivity index (χ1) is 9.38. The van der Waals surface area contributed by atoms with Crippen LogP contribution in [0, 0.1) is 11.7 Å². The topological polar surface area (TPSA) is 69.7 Å². The van der Waals surface area contributed by atoms with Gasteiger partial charge in [-0.05, 0) is 24.6 Å². The van der Waals surface area contributed by atoms with Crippen molar-refractivity contribution in [2.75, 3.05) is 19.8 Å². The van der Waals surface area contributed by atoms with Crippen LogP contribution in [-0.2, 0) is 18.5 Å². The third kappa shape index (κ3) is 3.68. The predicted octanol–water partition coefficient (Wildman–Crippen LogP) is 1.95. The Kier molecular flexibility index (Phi) is 4.62. The molecule has 1 aliphatic rings. The van der Waals surface area contributed by atoms with Crippen LogP contribution >= 0.6 is 10.7 Å². The third-order valence-corrected chi connectivity index (χ3v) is 4.24. The monoisotopic (exact) mass is 322 g/mol. The van der Waals surface area contributed by atoms with Crippen LogP contribution in [0.5, 0.6) is 0 Å². The number of hydrogen-bond acceptors (Lipinski definition) is 5. The van der Waals surface area contributed by atoms with Gasteiger partial charge in [0, 0.05) is 23.2 Å². The molecule has 20 heavy (non-hydrogen) atoms. The van der Waals surface area contributed by atoms with Crippen molar-refractivity contribution in [2.45, 2.75) is 11.3 Å². The maximum Gasteiger partial charge on any atom is 0.338 e. The van der Waals surface area contributed by atoms with E-state index in [9.17, 15) is 17.6 Å². The lowest BCUT2D eigenvalue weighted by Gasteiger charge is -2.09. The zero-order chi connectivity index (χ0) is 14.8. The minimum absolute atomic E-state index is 0.0652. The van der Waals surface area contributed by atoms with E-state index in [2.05, 4.69) is 0 Å². The fourth-order valence-electron chi connectivity index (χ4n) is 1.81. The van der Waals surface area contributed by atoms with Crippen LogP contribution in [0.25, 0.3) is 0 Å². The molecular weight excluding hydrogens is 311 g/mol. The standard InChI is InChI=1S/C12H12ClFO5S/c13-20(16,17)11-5-9(1-2-10(11)14)12(15)19-7-8-3-4-18-6-8/h1-2,5,8H,3-4,6-7H2. The van der Waals surface area contributed by atoms with Gasteiger partial charge >= 0.3 is 5.97 Å². The van der Waals surface area contributed by atoms with E-state index in [0.29, 0.717) is 13.2 Å². The number of carbonyl (C=O) groups is 1. The number of esters is 1. The molecule has 8 heteroatoms. The third-order valence-electron chi connectivity index (χ3n) is 2.90. The SMILES string of the molecule is O=C(OCC1CCOC1)c1ccc(F)c(S(=O)(=O)Cl)c1. The predicted molar refractivity (Wildman–Crippen MR) is 68.6 cm³/mol. The molecule has 110 valence electrons. The van der Waals surface area contributed by atoms with E-state index >= 15 is 0 Å². The average Bonchev–Trinajstić information content (AvgIpc) is 2.88. The number of carbonyl (C=O) groups excluding carboxylic acids is 1. The Hall–Kier alpha value is -1.18. The summed E-state index contributed by atoms with van der Waals surface area (Å²) in [5.74, 6) is -1.60. The molecule has 1 atom stereocenters. The summed E-state index contributed by atoms with van der Waals surface area (Å²) in [5, 5.41) is 0. The summed E-state index contributed by atoms with van der Waals surface area (Å²) in [6, 6.07) is 2.88. The molecule has 0 N–H and O–H groups in total. The van der Waals surface area contributed by atoms with Crippen LogP contribution < -0.4 is 0 Å². The molecule has 0 bridgehead atoms. The molecule has 1 aromatic rings. The van der Waals surface area contributed by atoms with Gasteiger partial charge in [0.2, 0.25) is 0 Å². The van der Waals surface area contributed by atoms with Crippen LogP contribution in [0.3, 0.4) is 0 Å². The molecule has 5 nitrogen and oxygen atoms in total. The van der Waals surface area contributed by atoms with Gasteiger partial charge in [-0.3, -0.25) is 0 Å². The van der Waals surface area contributed by atoms with Crippen LogP contribution in [0.15, 0.2) is 23.1 Å². The second-order valence-electron chi connectivity index (χ2n) is 4.41. The van der Waals surface area contributed by atoms with E-state index in [1.54, 1.807) is 0 Å². The Bertz CT molecular complexity index is 610. The molecule has 1 heterocycles. The Morgan fingerprint density at radius 3 is 2.85 bits per heavy atom. The molecule has 0 aromatic heterocycles.